The minimum atomic E-state index is -0.270. The minimum Gasteiger partial charge on any atom is -0.351 e. The van der Waals surface area contributed by atoms with Crippen LogP contribution in [0.1, 0.15) is 21.1 Å². The van der Waals surface area contributed by atoms with Crippen molar-refractivity contribution in [2.75, 3.05) is 12.3 Å². The Morgan fingerprint density at radius 1 is 1.40 bits per heavy atom. The van der Waals surface area contributed by atoms with Gasteiger partial charge in [-0.3, -0.25) is 9.59 Å². The highest BCUT2D eigenvalue weighted by atomic mass is 32.2. The summed E-state index contributed by atoms with van der Waals surface area (Å²) >= 11 is 3.08. The average Bonchev–Trinajstić information content (AvgIpc) is 2.79. The van der Waals surface area contributed by atoms with E-state index in [-0.39, 0.29) is 11.5 Å². The normalized spacial score (nSPS) is 10.5. The molecule has 0 aliphatic carbocycles. The van der Waals surface area contributed by atoms with E-state index in [9.17, 15) is 9.59 Å². The van der Waals surface area contributed by atoms with Crippen LogP contribution in [-0.2, 0) is 0 Å². The van der Waals surface area contributed by atoms with Crippen LogP contribution in [-0.4, -0.2) is 33.4 Å². The molecule has 0 fully saturated rings. The van der Waals surface area contributed by atoms with Crippen LogP contribution in [0.4, 0.5) is 0 Å². The molecule has 2 heterocycles. The lowest BCUT2D eigenvalue weighted by atomic mass is 10.2. The molecular formula is C12H14N4O2S2. The van der Waals surface area contributed by atoms with Crippen molar-refractivity contribution < 1.29 is 4.79 Å². The molecule has 0 saturated heterocycles. The van der Waals surface area contributed by atoms with Gasteiger partial charge in [0.2, 0.25) is 5.56 Å². The predicted molar refractivity (Wildman–Crippen MR) is 79.5 cm³/mol. The number of H-pyrrole nitrogens is 1. The summed E-state index contributed by atoms with van der Waals surface area (Å²) in [5.74, 6) is 0.468. The van der Waals surface area contributed by atoms with Crippen molar-refractivity contribution >= 4 is 29.0 Å². The summed E-state index contributed by atoms with van der Waals surface area (Å²) in [6, 6.07) is 2.95. The van der Waals surface area contributed by atoms with E-state index in [0.29, 0.717) is 23.6 Å². The van der Waals surface area contributed by atoms with Gasteiger partial charge in [0.15, 0.2) is 4.34 Å². The van der Waals surface area contributed by atoms with Crippen LogP contribution in [0.5, 0.6) is 0 Å². The third kappa shape index (κ3) is 4.17. The van der Waals surface area contributed by atoms with E-state index < -0.39 is 0 Å². The Hall–Kier alpha value is -1.67. The smallest absolute Gasteiger partial charge is 0.251 e. The zero-order valence-electron chi connectivity index (χ0n) is 11.1. The molecule has 2 N–H and O–H groups in total. The van der Waals surface area contributed by atoms with Crippen LogP contribution in [0.25, 0.3) is 0 Å². The summed E-state index contributed by atoms with van der Waals surface area (Å²) in [7, 11) is 0. The first-order valence-electron chi connectivity index (χ1n) is 5.96. The number of aryl methyl sites for hydroxylation is 2. The van der Waals surface area contributed by atoms with E-state index in [1.165, 1.54) is 17.4 Å². The van der Waals surface area contributed by atoms with Crippen LogP contribution < -0.4 is 10.9 Å². The summed E-state index contributed by atoms with van der Waals surface area (Å²) in [6.07, 6.45) is 0. The summed E-state index contributed by atoms with van der Waals surface area (Å²) in [4.78, 5) is 25.7. The second-order valence-corrected chi connectivity index (χ2v) is 6.63. The number of aromatic nitrogens is 3. The standard InChI is InChI=1S/C12H14N4O2S2/c1-7-5-9(6-10(17)14-7)11(18)13-3-4-19-12-16-15-8(2)20-12/h5-6H,3-4H2,1-2H3,(H,13,18)(H,14,17). The van der Waals surface area contributed by atoms with E-state index >= 15 is 0 Å². The quantitative estimate of drug-likeness (QED) is 0.643. The molecule has 20 heavy (non-hydrogen) atoms. The fourth-order valence-electron chi connectivity index (χ4n) is 1.56. The van der Waals surface area contributed by atoms with Crippen molar-refractivity contribution in [3.05, 3.63) is 38.8 Å². The van der Waals surface area contributed by atoms with Crippen molar-refractivity contribution in [3.63, 3.8) is 0 Å². The first kappa shape index (κ1) is 14.7. The first-order chi connectivity index (χ1) is 9.54. The molecule has 2 aromatic heterocycles. The first-order valence-corrected chi connectivity index (χ1v) is 7.77. The topological polar surface area (TPSA) is 87.7 Å². The highest BCUT2D eigenvalue weighted by Crippen LogP contribution is 2.20. The van der Waals surface area contributed by atoms with E-state index in [1.54, 1.807) is 24.8 Å². The lowest BCUT2D eigenvalue weighted by Crippen LogP contribution is -2.27. The van der Waals surface area contributed by atoms with Gasteiger partial charge in [-0.25, -0.2) is 0 Å². The van der Waals surface area contributed by atoms with Crippen molar-refractivity contribution in [2.45, 2.75) is 18.2 Å². The molecule has 0 aliphatic rings. The van der Waals surface area contributed by atoms with Gasteiger partial charge in [-0.05, 0) is 19.9 Å². The molecule has 6 nitrogen and oxygen atoms in total. The largest absolute Gasteiger partial charge is 0.351 e. The summed E-state index contributed by atoms with van der Waals surface area (Å²) < 4.78 is 0.892. The lowest BCUT2D eigenvalue weighted by Gasteiger charge is -2.04. The Labute approximate surface area is 124 Å². The number of carbonyl (C=O) groups excluding carboxylic acids is 1. The van der Waals surface area contributed by atoms with Gasteiger partial charge in [0.05, 0.1) is 0 Å². The van der Waals surface area contributed by atoms with Gasteiger partial charge < -0.3 is 10.3 Å². The van der Waals surface area contributed by atoms with Crippen molar-refractivity contribution in [1.82, 2.24) is 20.5 Å². The number of thioether (sulfide) groups is 1. The number of rotatable bonds is 5. The second-order valence-electron chi connectivity index (χ2n) is 4.11. The minimum absolute atomic E-state index is 0.242. The number of hydrogen-bond acceptors (Lipinski definition) is 6. The fourth-order valence-corrected chi connectivity index (χ4v) is 3.30. The SMILES string of the molecule is Cc1cc(C(=O)NCCSc2nnc(C)s2)cc(=O)[nH]1. The molecule has 8 heteroatoms. The molecular weight excluding hydrogens is 296 g/mol. The number of nitrogens with one attached hydrogen (secondary N) is 2. The summed E-state index contributed by atoms with van der Waals surface area (Å²) in [5, 5.41) is 11.6. The fraction of sp³-hybridized carbons (Fsp3) is 0.333. The molecule has 0 aromatic carbocycles. The highest BCUT2D eigenvalue weighted by molar-refractivity contribution is 8.01. The van der Waals surface area contributed by atoms with E-state index in [1.807, 2.05) is 6.92 Å². The van der Waals surface area contributed by atoms with Crippen LogP contribution in [0.15, 0.2) is 21.3 Å². The van der Waals surface area contributed by atoms with Gasteiger partial charge in [-0.1, -0.05) is 23.1 Å². The Morgan fingerprint density at radius 3 is 2.85 bits per heavy atom. The molecule has 0 bridgehead atoms. The molecule has 0 saturated carbocycles. The Kier molecular flexibility index (Phi) is 4.91. The van der Waals surface area contributed by atoms with Crippen LogP contribution in [0, 0.1) is 13.8 Å². The summed E-state index contributed by atoms with van der Waals surface area (Å²) in [5.41, 5.74) is 0.776. The number of nitrogens with zero attached hydrogens (tertiary/aromatic N) is 2. The number of hydrogen-bond donors (Lipinski definition) is 2. The van der Waals surface area contributed by atoms with E-state index in [4.69, 9.17) is 0 Å². The molecule has 1 amide bonds. The Bertz CT molecular complexity index is 665. The van der Waals surface area contributed by atoms with Crippen LogP contribution >= 0.6 is 23.1 Å². The van der Waals surface area contributed by atoms with Gasteiger partial charge in [0.1, 0.15) is 5.01 Å². The predicted octanol–water partition coefficient (Wildman–Crippen LogP) is 1.37. The molecule has 0 spiro atoms. The third-order valence-corrected chi connectivity index (χ3v) is 4.34. The molecule has 2 aromatic rings. The molecule has 0 unspecified atom stereocenters. The molecule has 0 atom stereocenters. The number of pyridine rings is 1. The van der Waals surface area contributed by atoms with Gasteiger partial charge in [0, 0.05) is 29.6 Å². The average molecular weight is 310 g/mol. The van der Waals surface area contributed by atoms with Crippen molar-refractivity contribution in [3.8, 4) is 0 Å². The summed E-state index contributed by atoms with van der Waals surface area (Å²) in [6.45, 7) is 4.15. The molecule has 0 aliphatic heterocycles. The maximum atomic E-state index is 11.9. The third-order valence-electron chi connectivity index (χ3n) is 2.36. The maximum absolute atomic E-state index is 11.9. The van der Waals surface area contributed by atoms with Gasteiger partial charge in [-0.15, -0.1) is 10.2 Å². The molecule has 0 radical (unpaired) electrons. The molecule has 2 rings (SSSR count). The van der Waals surface area contributed by atoms with Gasteiger partial charge in [0.25, 0.3) is 5.91 Å². The second kappa shape index (κ2) is 6.67. The van der Waals surface area contributed by atoms with Crippen LogP contribution in [0.2, 0.25) is 0 Å². The Balaban J connectivity index is 1.81. The maximum Gasteiger partial charge on any atom is 0.251 e. The van der Waals surface area contributed by atoms with E-state index in [0.717, 1.165) is 9.35 Å². The number of carbonyl (C=O) groups is 1. The number of aromatic amines is 1. The van der Waals surface area contributed by atoms with E-state index in [2.05, 4.69) is 20.5 Å². The lowest BCUT2D eigenvalue weighted by molar-refractivity contribution is 0.0956. The van der Waals surface area contributed by atoms with Crippen molar-refractivity contribution in [1.29, 1.82) is 0 Å². The highest BCUT2D eigenvalue weighted by Gasteiger charge is 2.07. The van der Waals surface area contributed by atoms with Crippen LogP contribution in [0.3, 0.4) is 0 Å². The monoisotopic (exact) mass is 310 g/mol. The van der Waals surface area contributed by atoms with Crippen molar-refractivity contribution in [2.24, 2.45) is 0 Å². The Morgan fingerprint density at radius 2 is 2.20 bits per heavy atom. The zero-order valence-corrected chi connectivity index (χ0v) is 12.7. The number of amides is 1. The zero-order chi connectivity index (χ0) is 14.5. The van der Waals surface area contributed by atoms with Gasteiger partial charge >= 0.3 is 0 Å². The molecule has 106 valence electrons. The van der Waals surface area contributed by atoms with Gasteiger partial charge in [-0.2, -0.15) is 0 Å².